The van der Waals surface area contributed by atoms with Gasteiger partial charge in [0.05, 0.1) is 5.69 Å². The fourth-order valence-electron chi connectivity index (χ4n) is 2.19. The molecule has 0 aliphatic carbocycles. The zero-order valence-electron chi connectivity index (χ0n) is 11.9. The number of hydrogen-bond acceptors (Lipinski definition) is 3. The van der Waals surface area contributed by atoms with E-state index in [1.807, 2.05) is 56.7 Å². The monoisotopic (exact) mass is 267 g/mol. The van der Waals surface area contributed by atoms with Crippen molar-refractivity contribution >= 4 is 17.7 Å². The number of anilines is 2. The summed E-state index contributed by atoms with van der Waals surface area (Å²) >= 11 is 0. The number of hydrogen-bond donors (Lipinski definition) is 1. The molecule has 0 fully saturated rings. The molecule has 0 aromatic heterocycles. The van der Waals surface area contributed by atoms with Crippen LogP contribution in [0.3, 0.4) is 0 Å². The lowest BCUT2D eigenvalue weighted by Gasteiger charge is -2.22. The summed E-state index contributed by atoms with van der Waals surface area (Å²) in [5.74, 6) is 0. The Morgan fingerprint density at radius 3 is 2.55 bits per heavy atom. The highest BCUT2D eigenvalue weighted by Crippen LogP contribution is 2.24. The van der Waals surface area contributed by atoms with Gasteiger partial charge in [0.15, 0.2) is 0 Å². The number of nitrogens with one attached hydrogen (secondary N) is 1. The van der Waals surface area contributed by atoms with Crippen LogP contribution >= 0.6 is 0 Å². The summed E-state index contributed by atoms with van der Waals surface area (Å²) in [6, 6.07) is 15.9. The van der Waals surface area contributed by atoms with E-state index in [-0.39, 0.29) is 0 Å². The number of rotatable bonds is 6. The molecule has 1 radical (unpaired) electrons. The smallest absolute Gasteiger partial charge is 0.235 e. The van der Waals surface area contributed by atoms with Gasteiger partial charge >= 0.3 is 0 Å². The summed E-state index contributed by atoms with van der Waals surface area (Å²) in [6.07, 6.45) is 2.01. The average molecular weight is 267 g/mol. The Bertz CT molecular complexity index is 566. The van der Waals surface area contributed by atoms with Crippen LogP contribution in [0.15, 0.2) is 48.5 Å². The third kappa shape index (κ3) is 3.38. The third-order valence-corrected chi connectivity index (χ3v) is 3.16. The van der Waals surface area contributed by atoms with Crippen molar-refractivity contribution in [3.05, 3.63) is 59.7 Å². The first-order valence-corrected chi connectivity index (χ1v) is 6.75. The molecule has 3 nitrogen and oxygen atoms in total. The maximum Gasteiger partial charge on any atom is 0.235 e. The zero-order valence-corrected chi connectivity index (χ0v) is 11.9. The molecule has 0 atom stereocenters. The molecule has 2 aromatic carbocycles. The average Bonchev–Trinajstić information content (AvgIpc) is 2.48. The lowest BCUT2D eigenvalue weighted by Crippen LogP contribution is -2.18. The molecule has 0 amide bonds. The molecule has 0 saturated carbocycles. The molecule has 0 spiro atoms. The van der Waals surface area contributed by atoms with Gasteiger partial charge in [0.25, 0.3) is 0 Å². The van der Waals surface area contributed by atoms with Crippen molar-refractivity contribution in [2.45, 2.75) is 13.5 Å². The molecule has 2 rings (SSSR count). The van der Waals surface area contributed by atoms with Crippen molar-refractivity contribution in [3.8, 4) is 0 Å². The normalized spacial score (nSPS) is 10.1. The molecule has 0 unspecified atom stereocenters. The topological polar surface area (TPSA) is 32.3 Å². The first-order valence-electron chi connectivity index (χ1n) is 6.75. The van der Waals surface area contributed by atoms with Crippen molar-refractivity contribution in [2.75, 3.05) is 23.8 Å². The van der Waals surface area contributed by atoms with Gasteiger partial charge in [-0.25, -0.2) is 0 Å². The molecule has 1 N–H and O–H groups in total. The van der Waals surface area contributed by atoms with Gasteiger partial charge < -0.3 is 10.2 Å². The Balaban J connectivity index is 2.25. The van der Waals surface area contributed by atoms with E-state index in [0.29, 0.717) is 5.56 Å². The summed E-state index contributed by atoms with van der Waals surface area (Å²) in [7, 11) is 1.99. The van der Waals surface area contributed by atoms with Crippen molar-refractivity contribution in [3.63, 3.8) is 0 Å². The summed E-state index contributed by atoms with van der Waals surface area (Å²) in [6.45, 7) is 3.66. The SMILES string of the molecule is CCNc1ccc([C]=O)c(N(C)Cc2ccccc2)c1. The van der Waals surface area contributed by atoms with Gasteiger partial charge in [0.2, 0.25) is 6.29 Å². The molecule has 0 aliphatic heterocycles. The van der Waals surface area contributed by atoms with Crippen molar-refractivity contribution in [1.82, 2.24) is 0 Å². The number of nitrogens with zero attached hydrogens (tertiary/aromatic N) is 1. The van der Waals surface area contributed by atoms with Gasteiger partial charge in [-0.2, -0.15) is 0 Å². The van der Waals surface area contributed by atoms with Crippen LogP contribution in [0, 0.1) is 0 Å². The van der Waals surface area contributed by atoms with Crippen molar-refractivity contribution in [1.29, 1.82) is 0 Å². The minimum Gasteiger partial charge on any atom is -0.385 e. The van der Waals surface area contributed by atoms with E-state index in [2.05, 4.69) is 22.3 Å². The predicted octanol–water partition coefficient (Wildman–Crippen LogP) is 3.21. The fourth-order valence-corrected chi connectivity index (χ4v) is 2.19. The Morgan fingerprint density at radius 2 is 1.90 bits per heavy atom. The van der Waals surface area contributed by atoms with Crippen molar-refractivity contribution < 1.29 is 4.79 Å². The summed E-state index contributed by atoms with van der Waals surface area (Å²) in [5.41, 5.74) is 3.70. The van der Waals surface area contributed by atoms with Crippen LogP contribution in [0.25, 0.3) is 0 Å². The minimum atomic E-state index is 0.588. The van der Waals surface area contributed by atoms with E-state index >= 15 is 0 Å². The molecular weight excluding hydrogens is 248 g/mol. The molecule has 20 heavy (non-hydrogen) atoms. The van der Waals surface area contributed by atoms with E-state index in [1.54, 1.807) is 0 Å². The van der Waals surface area contributed by atoms with Gasteiger partial charge in [-0.15, -0.1) is 0 Å². The van der Waals surface area contributed by atoms with Gasteiger partial charge in [0, 0.05) is 31.4 Å². The van der Waals surface area contributed by atoms with Crippen LogP contribution < -0.4 is 10.2 Å². The molecule has 0 heterocycles. The van der Waals surface area contributed by atoms with Crippen molar-refractivity contribution in [2.24, 2.45) is 0 Å². The second-order valence-corrected chi connectivity index (χ2v) is 4.71. The standard InChI is InChI=1S/C17H19N2O/c1-3-18-16-10-9-15(13-20)17(11-16)19(2)12-14-7-5-4-6-8-14/h4-11,18H,3,12H2,1-2H3. The van der Waals surface area contributed by atoms with E-state index in [9.17, 15) is 4.79 Å². The van der Waals surface area contributed by atoms with E-state index in [1.165, 1.54) is 5.56 Å². The Hall–Kier alpha value is -2.29. The largest absolute Gasteiger partial charge is 0.385 e. The molecule has 2 aromatic rings. The molecule has 3 heteroatoms. The summed E-state index contributed by atoms with van der Waals surface area (Å²) in [4.78, 5) is 13.1. The highest BCUT2D eigenvalue weighted by Gasteiger charge is 2.09. The highest BCUT2D eigenvalue weighted by atomic mass is 16.1. The highest BCUT2D eigenvalue weighted by molar-refractivity contribution is 5.86. The molecule has 103 valence electrons. The van der Waals surface area contributed by atoms with E-state index in [4.69, 9.17) is 0 Å². The van der Waals surface area contributed by atoms with Gasteiger partial charge in [0.1, 0.15) is 0 Å². The molecule has 0 bridgehead atoms. The number of carbonyl (C=O) groups excluding carboxylic acids is 1. The second-order valence-electron chi connectivity index (χ2n) is 4.71. The molecule has 0 aliphatic rings. The fraction of sp³-hybridized carbons (Fsp3) is 0.235. The zero-order chi connectivity index (χ0) is 14.4. The summed E-state index contributed by atoms with van der Waals surface area (Å²) < 4.78 is 0. The quantitative estimate of drug-likeness (QED) is 0.872. The first-order chi connectivity index (χ1) is 9.74. The van der Waals surface area contributed by atoms with Crippen LogP contribution in [0.4, 0.5) is 11.4 Å². The van der Waals surface area contributed by atoms with Crippen LogP contribution in [0.5, 0.6) is 0 Å². The van der Waals surface area contributed by atoms with Gasteiger partial charge in [-0.3, -0.25) is 4.79 Å². The maximum atomic E-state index is 11.1. The lowest BCUT2D eigenvalue weighted by molar-refractivity contribution is 0.562. The Labute approximate surface area is 120 Å². The van der Waals surface area contributed by atoms with Crippen LogP contribution in [0.2, 0.25) is 0 Å². The molecular formula is C17H19N2O. The van der Waals surface area contributed by atoms with Gasteiger partial charge in [-0.05, 0) is 30.7 Å². The first kappa shape index (κ1) is 14.1. The second kappa shape index (κ2) is 6.75. The lowest BCUT2D eigenvalue weighted by atomic mass is 10.1. The van der Waals surface area contributed by atoms with Crippen LogP contribution in [-0.2, 0) is 11.3 Å². The Kier molecular flexibility index (Phi) is 4.77. The summed E-state index contributed by atoms with van der Waals surface area (Å²) in [5, 5.41) is 3.26. The Morgan fingerprint density at radius 1 is 1.15 bits per heavy atom. The van der Waals surface area contributed by atoms with E-state index in [0.717, 1.165) is 24.5 Å². The van der Waals surface area contributed by atoms with Crippen LogP contribution in [-0.4, -0.2) is 19.9 Å². The number of benzene rings is 2. The van der Waals surface area contributed by atoms with Crippen LogP contribution in [0.1, 0.15) is 18.1 Å². The predicted molar refractivity (Wildman–Crippen MR) is 84.0 cm³/mol. The third-order valence-electron chi connectivity index (χ3n) is 3.16. The van der Waals surface area contributed by atoms with Gasteiger partial charge in [-0.1, -0.05) is 30.3 Å². The maximum absolute atomic E-state index is 11.1. The minimum absolute atomic E-state index is 0.588. The molecule has 0 saturated heterocycles. The van der Waals surface area contributed by atoms with E-state index < -0.39 is 0 Å².